The molecule has 4 N–H and O–H groups in total. The topological polar surface area (TPSA) is 125 Å². The summed E-state index contributed by atoms with van der Waals surface area (Å²) in [6.07, 6.45) is 1.60. The highest BCUT2D eigenvalue weighted by Gasteiger charge is 2.16. The Kier molecular flexibility index (Phi) is 9.69. The molecule has 9 heteroatoms. The summed E-state index contributed by atoms with van der Waals surface area (Å²) in [5.74, 6) is -2.23. The summed E-state index contributed by atoms with van der Waals surface area (Å²) >= 11 is 1.26. The minimum atomic E-state index is -1.07. The van der Waals surface area contributed by atoms with Gasteiger partial charge < -0.3 is 21.1 Å². The van der Waals surface area contributed by atoms with Crippen molar-refractivity contribution in [3.63, 3.8) is 0 Å². The van der Waals surface area contributed by atoms with Crippen LogP contribution in [-0.4, -0.2) is 34.6 Å². The van der Waals surface area contributed by atoms with Gasteiger partial charge in [-0.3, -0.25) is 14.4 Å². The molecule has 0 aliphatic carbocycles. The molecule has 0 radical (unpaired) electrons. The number of carboxylic acid groups (broad SMARTS) is 1. The first-order valence-electron chi connectivity index (χ1n) is 12.6. The van der Waals surface area contributed by atoms with Gasteiger partial charge in [0.25, 0.3) is 11.8 Å². The van der Waals surface area contributed by atoms with Gasteiger partial charge in [0.05, 0.1) is 11.3 Å². The van der Waals surface area contributed by atoms with Gasteiger partial charge in [-0.15, -0.1) is 11.8 Å². The molecule has 0 saturated carbocycles. The highest BCUT2D eigenvalue weighted by atomic mass is 32.2. The zero-order chi connectivity index (χ0) is 29.2. The lowest BCUT2D eigenvalue weighted by atomic mass is 10.1. The summed E-state index contributed by atoms with van der Waals surface area (Å²) in [6.45, 7) is 1.78. The molecule has 0 spiro atoms. The van der Waals surface area contributed by atoms with Gasteiger partial charge in [0.1, 0.15) is 5.70 Å². The molecule has 0 saturated heterocycles. The number of rotatable bonds is 10. The standard InChI is InChI=1S/C32H27N3O5S/c1-21-15-16-24(32(39)40)18-27(21)34-29(36)20-41-26-14-8-13-25(19-26)33-31(38)28(17-22-9-4-2-5-10-22)35-30(37)23-11-6-3-7-12-23/h2-19H,20H2,1H3,(H,33,38)(H,34,36)(H,35,37)(H,39,40)/b28-17-. The molecule has 0 fully saturated rings. The van der Waals surface area contributed by atoms with Crippen molar-refractivity contribution in [1.29, 1.82) is 0 Å². The Bertz CT molecular complexity index is 1600. The summed E-state index contributed by atoms with van der Waals surface area (Å²) in [5, 5.41) is 17.5. The Morgan fingerprint density at radius 2 is 1.49 bits per heavy atom. The van der Waals surface area contributed by atoms with Crippen molar-refractivity contribution in [1.82, 2.24) is 5.32 Å². The number of anilines is 2. The maximum Gasteiger partial charge on any atom is 0.335 e. The number of carboxylic acids is 1. The van der Waals surface area contributed by atoms with E-state index >= 15 is 0 Å². The summed E-state index contributed by atoms with van der Waals surface area (Å²) in [5.41, 5.74) is 2.98. The first-order chi connectivity index (χ1) is 19.8. The number of aromatic carboxylic acids is 1. The van der Waals surface area contributed by atoms with Crippen molar-refractivity contribution in [2.24, 2.45) is 0 Å². The van der Waals surface area contributed by atoms with E-state index in [-0.39, 0.29) is 22.9 Å². The summed E-state index contributed by atoms with van der Waals surface area (Å²) in [6, 6.07) is 29.3. The fraction of sp³-hybridized carbons (Fsp3) is 0.0625. The van der Waals surface area contributed by atoms with Crippen molar-refractivity contribution in [2.45, 2.75) is 11.8 Å². The third-order valence-corrected chi connectivity index (χ3v) is 6.85. The second kappa shape index (κ2) is 13.8. The maximum absolute atomic E-state index is 13.3. The van der Waals surface area contributed by atoms with Gasteiger partial charge in [-0.1, -0.05) is 60.7 Å². The summed E-state index contributed by atoms with van der Waals surface area (Å²) in [4.78, 5) is 50.6. The van der Waals surface area contributed by atoms with Crippen LogP contribution in [-0.2, 0) is 9.59 Å². The number of carbonyl (C=O) groups is 4. The van der Waals surface area contributed by atoms with Crippen LogP contribution >= 0.6 is 11.8 Å². The van der Waals surface area contributed by atoms with Gasteiger partial charge in [0.15, 0.2) is 0 Å². The Morgan fingerprint density at radius 3 is 2.20 bits per heavy atom. The molecule has 4 aromatic rings. The van der Waals surface area contributed by atoms with Gasteiger partial charge >= 0.3 is 5.97 Å². The lowest BCUT2D eigenvalue weighted by molar-refractivity contribution is -0.114. The van der Waals surface area contributed by atoms with Gasteiger partial charge in [-0.05, 0) is 66.6 Å². The van der Waals surface area contributed by atoms with E-state index in [0.717, 1.165) is 16.0 Å². The Balaban J connectivity index is 1.43. The molecule has 3 amide bonds. The molecule has 0 unspecified atom stereocenters. The molecule has 0 aliphatic rings. The Morgan fingerprint density at radius 1 is 0.780 bits per heavy atom. The number of aryl methyl sites for hydroxylation is 1. The van der Waals surface area contributed by atoms with Crippen LogP contribution in [0.1, 0.15) is 31.8 Å². The van der Waals surface area contributed by atoms with E-state index in [2.05, 4.69) is 16.0 Å². The SMILES string of the molecule is Cc1ccc(C(=O)O)cc1NC(=O)CSc1cccc(NC(=O)/C(=C/c2ccccc2)NC(=O)c2ccccc2)c1. The van der Waals surface area contributed by atoms with E-state index in [1.807, 2.05) is 36.4 Å². The van der Waals surface area contributed by atoms with Crippen LogP contribution in [0.2, 0.25) is 0 Å². The number of thioether (sulfide) groups is 1. The number of amides is 3. The number of carbonyl (C=O) groups excluding carboxylic acids is 3. The molecular weight excluding hydrogens is 538 g/mol. The highest BCUT2D eigenvalue weighted by Crippen LogP contribution is 2.23. The van der Waals surface area contributed by atoms with Gasteiger partial charge in [0.2, 0.25) is 5.91 Å². The monoisotopic (exact) mass is 565 g/mol. The van der Waals surface area contributed by atoms with Crippen molar-refractivity contribution in [3.8, 4) is 0 Å². The zero-order valence-electron chi connectivity index (χ0n) is 22.1. The van der Waals surface area contributed by atoms with Gasteiger partial charge in [-0.2, -0.15) is 0 Å². The molecule has 41 heavy (non-hydrogen) atoms. The fourth-order valence-electron chi connectivity index (χ4n) is 3.75. The molecule has 0 heterocycles. The molecule has 0 atom stereocenters. The number of hydrogen-bond acceptors (Lipinski definition) is 5. The minimum Gasteiger partial charge on any atom is -0.478 e. The lowest BCUT2D eigenvalue weighted by Gasteiger charge is -2.12. The molecule has 8 nitrogen and oxygen atoms in total. The van der Waals surface area contributed by atoms with E-state index in [0.29, 0.717) is 16.9 Å². The molecule has 0 bridgehead atoms. The van der Waals surface area contributed by atoms with E-state index in [1.54, 1.807) is 67.6 Å². The molecular formula is C32H27N3O5S. The molecule has 0 aliphatic heterocycles. The van der Waals surface area contributed by atoms with Crippen LogP contribution in [0.4, 0.5) is 11.4 Å². The van der Waals surface area contributed by atoms with Crippen LogP contribution in [0.3, 0.4) is 0 Å². The molecule has 0 aromatic heterocycles. The van der Waals surface area contributed by atoms with Crippen LogP contribution < -0.4 is 16.0 Å². The van der Waals surface area contributed by atoms with Crippen molar-refractivity contribution >= 4 is 52.9 Å². The second-order valence-corrected chi connectivity index (χ2v) is 9.99. The quantitative estimate of drug-likeness (QED) is 0.142. The summed E-state index contributed by atoms with van der Waals surface area (Å²) < 4.78 is 0. The van der Waals surface area contributed by atoms with Crippen LogP contribution in [0, 0.1) is 6.92 Å². The normalized spacial score (nSPS) is 10.9. The van der Waals surface area contributed by atoms with Crippen LogP contribution in [0.5, 0.6) is 0 Å². The first-order valence-corrected chi connectivity index (χ1v) is 13.6. The van der Waals surface area contributed by atoms with E-state index in [1.165, 1.54) is 23.9 Å². The smallest absolute Gasteiger partial charge is 0.335 e. The number of nitrogens with one attached hydrogen (secondary N) is 3. The first kappa shape index (κ1) is 28.8. The van der Waals surface area contributed by atoms with Gasteiger partial charge in [0, 0.05) is 21.8 Å². The number of benzene rings is 4. The van der Waals surface area contributed by atoms with E-state index in [4.69, 9.17) is 0 Å². The van der Waals surface area contributed by atoms with E-state index < -0.39 is 17.8 Å². The van der Waals surface area contributed by atoms with Crippen LogP contribution in [0.15, 0.2) is 114 Å². The number of hydrogen-bond donors (Lipinski definition) is 4. The Hall–Kier alpha value is -5.15. The summed E-state index contributed by atoms with van der Waals surface area (Å²) in [7, 11) is 0. The zero-order valence-corrected chi connectivity index (χ0v) is 22.9. The largest absolute Gasteiger partial charge is 0.478 e. The van der Waals surface area contributed by atoms with Gasteiger partial charge in [-0.25, -0.2) is 4.79 Å². The third kappa shape index (κ3) is 8.42. The predicted octanol–water partition coefficient (Wildman–Crippen LogP) is 5.83. The molecule has 4 aromatic carbocycles. The maximum atomic E-state index is 13.3. The molecule has 4 rings (SSSR count). The third-order valence-electron chi connectivity index (χ3n) is 5.86. The van der Waals surface area contributed by atoms with Crippen molar-refractivity contribution < 1.29 is 24.3 Å². The predicted molar refractivity (Wildman–Crippen MR) is 161 cm³/mol. The van der Waals surface area contributed by atoms with E-state index in [9.17, 15) is 24.3 Å². The fourth-order valence-corrected chi connectivity index (χ4v) is 4.50. The highest BCUT2D eigenvalue weighted by molar-refractivity contribution is 8.00. The second-order valence-electron chi connectivity index (χ2n) is 8.94. The lowest BCUT2D eigenvalue weighted by Crippen LogP contribution is -2.30. The van der Waals surface area contributed by atoms with Crippen LogP contribution in [0.25, 0.3) is 6.08 Å². The minimum absolute atomic E-state index is 0.0699. The average Bonchev–Trinajstić information content (AvgIpc) is 2.98. The van der Waals surface area contributed by atoms with Crippen molar-refractivity contribution in [2.75, 3.05) is 16.4 Å². The Labute approximate surface area is 241 Å². The molecule has 206 valence electrons. The van der Waals surface area contributed by atoms with Crippen molar-refractivity contribution in [3.05, 3.63) is 131 Å². The average molecular weight is 566 g/mol.